The monoisotopic (exact) mass is 270 g/mol. The van der Waals surface area contributed by atoms with Gasteiger partial charge in [-0.3, -0.25) is 0 Å². The van der Waals surface area contributed by atoms with Gasteiger partial charge in [0.2, 0.25) is 4.96 Å². The lowest BCUT2D eigenvalue weighted by molar-refractivity contribution is 0.628. The van der Waals surface area contributed by atoms with Gasteiger partial charge < -0.3 is 4.42 Å². The molecule has 0 fully saturated rings. The van der Waals surface area contributed by atoms with Crippen molar-refractivity contribution in [3.63, 3.8) is 0 Å². The van der Waals surface area contributed by atoms with E-state index in [2.05, 4.69) is 15.3 Å². The minimum Gasteiger partial charge on any atom is -0.453 e. The van der Waals surface area contributed by atoms with Crippen molar-refractivity contribution < 1.29 is 4.42 Å². The van der Waals surface area contributed by atoms with Crippen molar-refractivity contribution in [3.05, 3.63) is 36.2 Å². The van der Waals surface area contributed by atoms with Crippen LogP contribution in [0.15, 0.2) is 34.7 Å². The molecule has 0 unspecified atom stereocenters. The number of hydrogen-bond donors (Lipinski definition) is 0. The average molecular weight is 270 g/mol. The molecule has 3 heterocycles. The summed E-state index contributed by atoms with van der Waals surface area (Å²) in [6.45, 7) is 2.04. The molecule has 0 aliphatic carbocycles. The Balaban J connectivity index is 1.90. The number of furan rings is 1. The van der Waals surface area contributed by atoms with E-state index in [4.69, 9.17) is 4.42 Å². The summed E-state index contributed by atoms with van der Waals surface area (Å²) in [5.74, 6) is 1.65. The minimum absolute atomic E-state index is 0.777. The number of aryl methyl sites for hydroxylation is 1. The Hall–Kier alpha value is -2.21. The summed E-state index contributed by atoms with van der Waals surface area (Å²) in [5, 5.41) is 14.6. The molecule has 5 nitrogen and oxygen atoms in total. The molecular weight excluding hydrogens is 260 g/mol. The molecule has 0 bridgehead atoms. The Morgan fingerprint density at radius 3 is 3.00 bits per heavy atom. The molecule has 4 aromatic rings. The Morgan fingerprint density at radius 2 is 2.16 bits per heavy atom. The zero-order valence-corrected chi connectivity index (χ0v) is 11.0. The fourth-order valence-corrected chi connectivity index (χ4v) is 2.88. The van der Waals surface area contributed by atoms with Crippen LogP contribution in [-0.4, -0.2) is 19.8 Å². The maximum atomic E-state index is 5.81. The average Bonchev–Trinajstić information content (AvgIpc) is 3.10. The fraction of sp³-hybridized carbons (Fsp3) is 0.154. The number of nitrogens with zero attached hydrogens (tertiary/aromatic N) is 4. The van der Waals surface area contributed by atoms with E-state index in [-0.39, 0.29) is 0 Å². The Bertz CT molecular complexity index is 840. The van der Waals surface area contributed by atoms with Crippen LogP contribution < -0.4 is 0 Å². The number of fused-ring (bicyclic) bond motifs is 2. The summed E-state index contributed by atoms with van der Waals surface area (Å²) in [4.78, 5) is 0.798. The second kappa shape index (κ2) is 3.89. The van der Waals surface area contributed by atoms with Crippen LogP contribution in [0.4, 0.5) is 0 Å². The van der Waals surface area contributed by atoms with Gasteiger partial charge in [-0.2, -0.15) is 4.52 Å². The van der Waals surface area contributed by atoms with Gasteiger partial charge in [-0.1, -0.05) is 36.5 Å². The quantitative estimate of drug-likeness (QED) is 0.561. The van der Waals surface area contributed by atoms with E-state index in [1.165, 1.54) is 11.3 Å². The summed E-state index contributed by atoms with van der Waals surface area (Å²) in [5.41, 5.74) is 0.874. The number of rotatable bonds is 2. The molecule has 19 heavy (non-hydrogen) atoms. The molecule has 0 amide bonds. The Labute approximate surface area is 112 Å². The molecule has 0 N–H and O–H groups in total. The van der Waals surface area contributed by atoms with Crippen molar-refractivity contribution in [2.24, 2.45) is 0 Å². The predicted molar refractivity (Wildman–Crippen MR) is 73.2 cm³/mol. The van der Waals surface area contributed by atoms with Gasteiger partial charge in [-0.05, 0) is 12.1 Å². The van der Waals surface area contributed by atoms with Crippen LogP contribution in [-0.2, 0) is 6.42 Å². The minimum atomic E-state index is 0.777. The van der Waals surface area contributed by atoms with Crippen LogP contribution in [0, 0.1) is 0 Å². The van der Waals surface area contributed by atoms with E-state index in [1.54, 1.807) is 4.52 Å². The van der Waals surface area contributed by atoms with Crippen LogP contribution >= 0.6 is 11.3 Å². The van der Waals surface area contributed by atoms with Gasteiger partial charge in [-0.15, -0.1) is 15.3 Å². The lowest BCUT2D eigenvalue weighted by Gasteiger charge is -1.88. The topological polar surface area (TPSA) is 56.2 Å². The van der Waals surface area contributed by atoms with Gasteiger partial charge in [-0.25, -0.2) is 0 Å². The standard InChI is InChI=1S/C13H10N4OS/c1-2-11-14-15-13-17(11)16-12(19-13)10-7-8-5-3-4-6-9(8)18-10/h3-7H,2H2,1H3. The highest BCUT2D eigenvalue weighted by Crippen LogP contribution is 2.30. The third-order valence-electron chi connectivity index (χ3n) is 3.01. The molecule has 0 atom stereocenters. The summed E-state index contributed by atoms with van der Waals surface area (Å²) in [6.07, 6.45) is 0.810. The third kappa shape index (κ3) is 1.57. The molecule has 0 saturated carbocycles. The maximum absolute atomic E-state index is 5.81. The van der Waals surface area contributed by atoms with E-state index in [1.807, 2.05) is 37.3 Å². The Morgan fingerprint density at radius 1 is 1.26 bits per heavy atom. The van der Waals surface area contributed by atoms with Crippen LogP contribution in [0.5, 0.6) is 0 Å². The smallest absolute Gasteiger partial charge is 0.235 e. The van der Waals surface area contributed by atoms with E-state index in [0.29, 0.717) is 0 Å². The molecule has 1 aromatic carbocycles. The van der Waals surface area contributed by atoms with Crippen LogP contribution in [0.1, 0.15) is 12.7 Å². The molecule has 4 rings (SSSR count). The SMILES string of the molecule is CCc1nnc2sc(-c3cc4ccccc4o3)nn12. The second-order valence-corrected chi connectivity index (χ2v) is 5.18. The lowest BCUT2D eigenvalue weighted by Crippen LogP contribution is -1.92. The van der Waals surface area contributed by atoms with Gasteiger partial charge in [0, 0.05) is 11.8 Å². The van der Waals surface area contributed by atoms with Crippen molar-refractivity contribution >= 4 is 27.3 Å². The van der Waals surface area contributed by atoms with Gasteiger partial charge in [0.1, 0.15) is 5.58 Å². The summed E-state index contributed by atoms with van der Waals surface area (Å²) < 4.78 is 7.60. The number of aromatic nitrogens is 4. The van der Waals surface area contributed by atoms with Crippen molar-refractivity contribution in [2.75, 3.05) is 0 Å². The predicted octanol–water partition coefficient (Wildman–Crippen LogP) is 3.16. The largest absolute Gasteiger partial charge is 0.453 e. The van der Waals surface area contributed by atoms with Crippen molar-refractivity contribution in [2.45, 2.75) is 13.3 Å². The van der Waals surface area contributed by atoms with Gasteiger partial charge >= 0.3 is 0 Å². The molecule has 0 spiro atoms. The zero-order chi connectivity index (χ0) is 12.8. The molecule has 94 valence electrons. The van der Waals surface area contributed by atoms with Crippen LogP contribution in [0.3, 0.4) is 0 Å². The normalized spacial score (nSPS) is 11.6. The fourth-order valence-electron chi connectivity index (χ4n) is 2.06. The van der Waals surface area contributed by atoms with E-state index >= 15 is 0 Å². The van der Waals surface area contributed by atoms with Crippen molar-refractivity contribution in [1.82, 2.24) is 19.8 Å². The maximum Gasteiger partial charge on any atom is 0.235 e. The summed E-state index contributed by atoms with van der Waals surface area (Å²) in [6, 6.07) is 9.95. The first-order chi connectivity index (χ1) is 9.35. The molecule has 0 radical (unpaired) electrons. The highest BCUT2D eigenvalue weighted by molar-refractivity contribution is 7.19. The summed E-state index contributed by atoms with van der Waals surface area (Å²) in [7, 11) is 0. The zero-order valence-electron chi connectivity index (χ0n) is 10.2. The Kier molecular flexibility index (Phi) is 2.19. The number of benzene rings is 1. The van der Waals surface area contributed by atoms with Crippen LogP contribution in [0.2, 0.25) is 0 Å². The third-order valence-corrected chi connectivity index (χ3v) is 3.92. The lowest BCUT2D eigenvalue weighted by atomic mass is 10.2. The highest BCUT2D eigenvalue weighted by atomic mass is 32.1. The van der Waals surface area contributed by atoms with Gasteiger partial charge in [0.25, 0.3) is 0 Å². The number of hydrogen-bond acceptors (Lipinski definition) is 5. The first kappa shape index (κ1) is 10.7. The molecule has 0 saturated heterocycles. The highest BCUT2D eigenvalue weighted by Gasteiger charge is 2.14. The van der Waals surface area contributed by atoms with E-state index < -0.39 is 0 Å². The van der Waals surface area contributed by atoms with Crippen LogP contribution in [0.25, 0.3) is 26.7 Å². The van der Waals surface area contributed by atoms with E-state index in [0.717, 1.165) is 38.9 Å². The molecular formula is C13H10N4OS. The molecule has 6 heteroatoms. The van der Waals surface area contributed by atoms with Gasteiger partial charge in [0.05, 0.1) is 0 Å². The molecule has 3 aromatic heterocycles. The van der Waals surface area contributed by atoms with E-state index in [9.17, 15) is 0 Å². The summed E-state index contributed by atoms with van der Waals surface area (Å²) >= 11 is 1.49. The molecule has 0 aliphatic heterocycles. The molecule has 0 aliphatic rings. The first-order valence-electron chi connectivity index (χ1n) is 6.05. The second-order valence-electron chi connectivity index (χ2n) is 4.22. The first-order valence-corrected chi connectivity index (χ1v) is 6.87. The van der Waals surface area contributed by atoms with Gasteiger partial charge in [0.15, 0.2) is 16.6 Å². The van der Waals surface area contributed by atoms with Crippen molar-refractivity contribution in [1.29, 1.82) is 0 Å². The number of para-hydroxylation sites is 1. The van der Waals surface area contributed by atoms with Crippen molar-refractivity contribution in [3.8, 4) is 10.8 Å².